The Labute approximate surface area is 97.0 Å². The average molecular weight is 249 g/mol. The molecule has 0 saturated carbocycles. The number of aromatic hydroxyl groups is 1. The van der Waals surface area contributed by atoms with Gasteiger partial charge in [0, 0.05) is 5.56 Å². The summed E-state index contributed by atoms with van der Waals surface area (Å²) in [5.74, 6) is -1.10. The Balaban J connectivity index is 3.47. The maximum atomic E-state index is 12.8. The highest BCUT2D eigenvalue weighted by Crippen LogP contribution is 2.43. The Morgan fingerprint density at radius 1 is 1.41 bits per heavy atom. The molecule has 0 amide bonds. The van der Waals surface area contributed by atoms with Gasteiger partial charge in [-0.2, -0.15) is 13.2 Å². The van der Waals surface area contributed by atoms with Crippen LogP contribution in [0.3, 0.4) is 0 Å². The number of hydrogen-bond donors (Lipinski definition) is 2. The van der Waals surface area contributed by atoms with Gasteiger partial charge in [0.25, 0.3) is 0 Å². The third kappa shape index (κ3) is 2.63. The number of phenols is 1. The second-order valence-corrected chi connectivity index (χ2v) is 3.71. The van der Waals surface area contributed by atoms with Crippen molar-refractivity contribution in [3.05, 3.63) is 23.3 Å². The summed E-state index contributed by atoms with van der Waals surface area (Å²) in [5.41, 5.74) is 4.25. The number of phenolic OH excluding ortho intramolecular Hbond substituents is 1. The molecule has 0 radical (unpaired) electrons. The quantitative estimate of drug-likeness (QED) is 0.865. The van der Waals surface area contributed by atoms with E-state index in [1.54, 1.807) is 0 Å². The van der Waals surface area contributed by atoms with Crippen molar-refractivity contribution >= 4 is 0 Å². The first-order valence-electron chi connectivity index (χ1n) is 5.00. The van der Waals surface area contributed by atoms with E-state index in [0.29, 0.717) is 0 Å². The first-order valence-corrected chi connectivity index (χ1v) is 5.00. The van der Waals surface area contributed by atoms with Gasteiger partial charge in [0.1, 0.15) is 0 Å². The Morgan fingerprint density at radius 3 is 2.41 bits per heavy atom. The summed E-state index contributed by atoms with van der Waals surface area (Å²) in [5, 5.41) is 9.75. The maximum Gasteiger partial charge on any atom is 0.416 e. The van der Waals surface area contributed by atoms with E-state index in [1.807, 2.05) is 0 Å². The molecule has 0 fully saturated rings. The summed E-state index contributed by atoms with van der Waals surface area (Å²) < 4.78 is 43.1. The highest BCUT2D eigenvalue weighted by molar-refractivity contribution is 5.52. The van der Waals surface area contributed by atoms with Crippen LogP contribution in [-0.2, 0) is 6.18 Å². The Kier molecular flexibility index (Phi) is 3.87. The highest BCUT2D eigenvalue weighted by Gasteiger charge is 2.36. The minimum absolute atomic E-state index is 0.00378. The normalized spacial score (nSPS) is 13.5. The molecule has 0 aliphatic carbocycles. The molecule has 1 atom stereocenters. The van der Waals surface area contributed by atoms with Crippen molar-refractivity contribution < 1.29 is 23.0 Å². The van der Waals surface area contributed by atoms with Crippen molar-refractivity contribution in [2.45, 2.75) is 19.0 Å². The van der Waals surface area contributed by atoms with Crippen LogP contribution >= 0.6 is 0 Å². The molecule has 0 spiro atoms. The zero-order valence-electron chi connectivity index (χ0n) is 9.51. The van der Waals surface area contributed by atoms with E-state index in [-0.39, 0.29) is 17.9 Å². The van der Waals surface area contributed by atoms with E-state index >= 15 is 0 Å². The van der Waals surface area contributed by atoms with Crippen LogP contribution in [0.5, 0.6) is 11.5 Å². The molecule has 96 valence electrons. The summed E-state index contributed by atoms with van der Waals surface area (Å²) in [6.45, 7) is 1.52. The second kappa shape index (κ2) is 4.83. The number of rotatable bonds is 3. The van der Waals surface area contributed by atoms with Crippen LogP contribution < -0.4 is 10.5 Å². The molecule has 1 aromatic carbocycles. The fourth-order valence-corrected chi connectivity index (χ4v) is 1.62. The number of ether oxygens (including phenoxy) is 1. The molecule has 6 heteroatoms. The summed E-state index contributed by atoms with van der Waals surface area (Å²) in [7, 11) is 1.28. The predicted octanol–water partition coefficient (Wildman–Crippen LogP) is 2.48. The SMILES string of the molecule is COc1ccc(C(F)(F)F)c(C(C)CN)c1O. The Bertz CT molecular complexity index is 404. The molecule has 0 heterocycles. The number of halogens is 3. The van der Waals surface area contributed by atoms with Crippen molar-refractivity contribution in [3.63, 3.8) is 0 Å². The first-order chi connectivity index (χ1) is 7.82. The lowest BCUT2D eigenvalue weighted by atomic mass is 9.94. The summed E-state index contributed by atoms with van der Waals surface area (Å²) in [6, 6.07) is 1.98. The molecule has 1 aromatic rings. The highest BCUT2D eigenvalue weighted by atomic mass is 19.4. The molecule has 0 aromatic heterocycles. The topological polar surface area (TPSA) is 55.5 Å². The number of methoxy groups -OCH3 is 1. The van der Waals surface area contributed by atoms with Gasteiger partial charge in [-0.05, 0) is 24.6 Å². The molecule has 0 aliphatic rings. The van der Waals surface area contributed by atoms with E-state index in [9.17, 15) is 18.3 Å². The van der Waals surface area contributed by atoms with Crippen molar-refractivity contribution in [2.75, 3.05) is 13.7 Å². The molecule has 0 aliphatic heterocycles. The fraction of sp³-hybridized carbons (Fsp3) is 0.455. The van der Waals surface area contributed by atoms with Crippen LogP contribution in [0.1, 0.15) is 24.0 Å². The number of benzene rings is 1. The lowest BCUT2D eigenvalue weighted by Gasteiger charge is -2.20. The van der Waals surface area contributed by atoms with Gasteiger partial charge >= 0.3 is 6.18 Å². The predicted molar refractivity (Wildman–Crippen MR) is 57.1 cm³/mol. The van der Waals surface area contributed by atoms with Crippen LogP contribution in [0.2, 0.25) is 0 Å². The van der Waals surface area contributed by atoms with E-state index in [0.717, 1.165) is 12.1 Å². The molecule has 3 N–H and O–H groups in total. The number of alkyl halides is 3. The fourth-order valence-electron chi connectivity index (χ4n) is 1.62. The van der Waals surface area contributed by atoms with Gasteiger partial charge in [-0.1, -0.05) is 6.92 Å². The standard InChI is InChI=1S/C11H14F3NO2/c1-6(5-15)9-7(11(12,13)14)3-4-8(17-2)10(9)16/h3-4,6,16H,5,15H2,1-2H3. The second-order valence-electron chi connectivity index (χ2n) is 3.71. The summed E-state index contributed by atoms with van der Waals surface area (Å²) >= 11 is 0. The van der Waals surface area contributed by atoms with Crippen molar-refractivity contribution in [2.24, 2.45) is 5.73 Å². The summed E-state index contributed by atoms with van der Waals surface area (Å²) in [6.07, 6.45) is -4.53. The van der Waals surface area contributed by atoms with E-state index in [4.69, 9.17) is 10.5 Å². The van der Waals surface area contributed by atoms with Gasteiger partial charge in [-0.25, -0.2) is 0 Å². The lowest BCUT2D eigenvalue weighted by Crippen LogP contribution is -2.16. The largest absolute Gasteiger partial charge is 0.504 e. The van der Waals surface area contributed by atoms with Gasteiger partial charge < -0.3 is 15.6 Å². The lowest BCUT2D eigenvalue weighted by molar-refractivity contribution is -0.138. The van der Waals surface area contributed by atoms with Crippen molar-refractivity contribution in [3.8, 4) is 11.5 Å². The van der Waals surface area contributed by atoms with Crippen LogP contribution in [0.25, 0.3) is 0 Å². The van der Waals surface area contributed by atoms with Crippen molar-refractivity contribution in [1.29, 1.82) is 0 Å². The Morgan fingerprint density at radius 2 is 2.00 bits per heavy atom. The average Bonchev–Trinajstić information content (AvgIpc) is 2.26. The van der Waals surface area contributed by atoms with Gasteiger partial charge in [0.05, 0.1) is 12.7 Å². The Hall–Kier alpha value is -1.43. The van der Waals surface area contributed by atoms with Crippen LogP contribution in [0.4, 0.5) is 13.2 Å². The van der Waals surface area contributed by atoms with Crippen LogP contribution in [0, 0.1) is 0 Å². The van der Waals surface area contributed by atoms with Gasteiger partial charge in [0.15, 0.2) is 11.5 Å². The molecular weight excluding hydrogens is 235 g/mol. The van der Waals surface area contributed by atoms with Crippen molar-refractivity contribution in [1.82, 2.24) is 0 Å². The van der Waals surface area contributed by atoms with Gasteiger partial charge in [0.2, 0.25) is 0 Å². The van der Waals surface area contributed by atoms with E-state index in [2.05, 4.69) is 0 Å². The van der Waals surface area contributed by atoms with Gasteiger partial charge in [-0.15, -0.1) is 0 Å². The first kappa shape index (κ1) is 13.6. The van der Waals surface area contributed by atoms with E-state index < -0.39 is 23.4 Å². The third-order valence-electron chi connectivity index (χ3n) is 2.55. The zero-order chi connectivity index (χ0) is 13.2. The number of nitrogens with two attached hydrogens (primary N) is 1. The molecule has 17 heavy (non-hydrogen) atoms. The molecule has 1 unspecified atom stereocenters. The molecule has 1 rings (SSSR count). The minimum atomic E-state index is -4.53. The van der Waals surface area contributed by atoms with E-state index in [1.165, 1.54) is 14.0 Å². The monoisotopic (exact) mass is 249 g/mol. The van der Waals surface area contributed by atoms with Crippen LogP contribution in [-0.4, -0.2) is 18.8 Å². The number of hydrogen-bond acceptors (Lipinski definition) is 3. The summed E-state index contributed by atoms with van der Waals surface area (Å²) in [4.78, 5) is 0. The molecular formula is C11H14F3NO2. The molecule has 0 saturated heterocycles. The molecule has 0 bridgehead atoms. The molecule has 3 nitrogen and oxygen atoms in total. The third-order valence-corrected chi connectivity index (χ3v) is 2.55. The van der Waals surface area contributed by atoms with Crippen LogP contribution in [0.15, 0.2) is 12.1 Å². The minimum Gasteiger partial charge on any atom is -0.504 e. The zero-order valence-corrected chi connectivity index (χ0v) is 9.51. The maximum absolute atomic E-state index is 12.8. The smallest absolute Gasteiger partial charge is 0.416 e. The van der Waals surface area contributed by atoms with Gasteiger partial charge in [-0.3, -0.25) is 0 Å².